The average molecular weight is 355 g/mol. The molecule has 1 atom stereocenters. The molecule has 1 heterocycles. The third-order valence-corrected chi connectivity index (χ3v) is 5.31. The number of hydrogen-bond donors (Lipinski definition) is 2. The molecular weight excluding hydrogens is 334 g/mol. The first kappa shape index (κ1) is 17.5. The molecule has 25 heavy (non-hydrogen) atoms. The topological polar surface area (TPSA) is 58.6 Å². The van der Waals surface area contributed by atoms with Gasteiger partial charge in [-0.1, -0.05) is 30.3 Å². The van der Waals surface area contributed by atoms with Gasteiger partial charge in [-0.2, -0.15) is 0 Å². The lowest BCUT2D eigenvalue weighted by Crippen LogP contribution is -2.40. The summed E-state index contributed by atoms with van der Waals surface area (Å²) in [7, 11) is 0. The van der Waals surface area contributed by atoms with Gasteiger partial charge in [0.1, 0.15) is 11.4 Å². The van der Waals surface area contributed by atoms with Gasteiger partial charge >= 0.3 is 0 Å². The summed E-state index contributed by atoms with van der Waals surface area (Å²) in [6, 6.07) is 17.5. The molecule has 0 spiro atoms. The molecule has 0 aliphatic rings. The van der Waals surface area contributed by atoms with Crippen LogP contribution < -0.4 is 10.1 Å². The second kappa shape index (κ2) is 7.25. The minimum absolute atomic E-state index is 0.0774. The summed E-state index contributed by atoms with van der Waals surface area (Å²) < 4.78 is 6.59. The molecule has 0 aliphatic heterocycles. The molecule has 2 N–H and O–H groups in total. The highest BCUT2D eigenvalue weighted by Gasteiger charge is 2.26. The number of amides is 1. The Balaban J connectivity index is 1.56. The van der Waals surface area contributed by atoms with E-state index < -0.39 is 5.60 Å². The van der Waals surface area contributed by atoms with Crippen LogP contribution in [0.25, 0.3) is 10.1 Å². The van der Waals surface area contributed by atoms with Gasteiger partial charge in [0.05, 0.1) is 6.54 Å². The number of benzene rings is 2. The summed E-state index contributed by atoms with van der Waals surface area (Å²) in [6.07, 6.45) is 0. The van der Waals surface area contributed by atoms with Crippen LogP contribution in [0.4, 0.5) is 0 Å². The third kappa shape index (κ3) is 4.38. The van der Waals surface area contributed by atoms with Crippen molar-refractivity contribution in [3.63, 3.8) is 0 Å². The molecule has 130 valence electrons. The quantitative estimate of drug-likeness (QED) is 0.710. The second-order valence-electron chi connectivity index (χ2n) is 6.30. The Morgan fingerprint density at radius 3 is 2.76 bits per heavy atom. The van der Waals surface area contributed by atoms with Crippen molar-refractivity contribution in [2.24, 2.45) is 0 Å². The van der Waals surface area contributed by atoms with Gasteiger partial charge in [0.2, 0.25) is 0 Å². The zero-order chi connectivity index (χ0) is 17.9. The van der Waals surface area contributed by atoms with E-state index >= 15 is 0 Å². The number of hydrogen-bond acceptors (Lipinski definition) is 4. The fourth-order valence-electron chi connectivity index (χ4n) is 2.51. The molecular formula is C20H21NO3S. The molecule has 1 aromatic heterocycles. The van der Waals surface area contributed by atoms with Crippen molar-refractivity contribution >= 4 is 27.3 Å². The maximum absolute atomic E-state index is 12.0. The number of fused-ring (bicyclic) bond motifs is 1. The predicted molar refractivity (Wildman–Crippen MR) is 101 cm³/mol. The Hall–Kier alpha value is -2.37. The Kier molecular flexibility index (Phi) is 5.06. The first-order chi connectivity index (χ1) is 11.9. The van der Waals surface area contributed by atoms with Crippen LogP contribution in [0.5, 0.6) is 5.75 Å². The number of ether oxygens (including phenoxy) is 1. The molecule has 5 heteroatoms. The largest absolute Gasteiger partial charge is 0.484 e. The van der Waals surface area contributed by atoms with Crippen LogP contribution in [0.15, 0.2) is 54.6 Å². The molecule has 0 saturated heterocycles. The molecule has 0 radical (unpaired) electrons. The smallest absolute Gasteiger partial charge is 0.258 e. The Labute approximate surface area is 151 Å². The van der Waals surface area contributed by atoms with E-state index in [0.29, 0.717) is 5.75 Å². The van der Waals surface area contributed by atoms with Gasteiger partial charge in [0.15, 0.2) is 6.61 Å². The first-order valence-corrected chi connectivity index (χ1v) is 8.93. The Bertz CT molecular complexity index is 852. The minimum Gasteiger partial charge on any atom is -0.484 e. The third-order valence-electron chi connectivity index (χ3n) is 3.95. The summed E-state index contributed by atoms with van der Waals surface area (Å²) >= 11 is 1.54. The second-order valence-corrected chi connectivity index (χ2v) is 7.39. The highest BCUT2D eigenvalue weighted by molar-refractivity contribution is 7.19. The number of rotatable bonds is 6. The molecule has 1 unspecified atom stereocenters. The van der Waals surface area contributed by atoms with Crippen molar-refractivity contribution in [1.82, 2.24) is 5.32 Å². The van der Waals surface area contributed by atoms with Crippen LogP contribution in [0.3, 0.4) is 0 Å². The monoisotopic (exact) mass is 355 g/mol. The molecule has 3 rings (SSSR count). The number of thiophene rings is 1. The number of nitrogens with one attached hydrogen (secondary N) is 1. The minimum atomic E-state index is -1.12. The van der Waals surface area contributed by atoms with Gasteiger partial charge in [-0.15, -0.1) is 11.3 Å². The zero-order valence-corrected chi connectivity index (χ0v) is 15.1. The number of carbonyl (C=O) groups is 1. The van der Waals surface area contributed by atoms with E-state index in [1.807, 2.05) is 61.5 Å². The van der Waals surface area contributed by atoms with Gasteiger partial charge in [0.25, 0.3) is 5.91 Å². The van der Waals surface area contributed by atoms with E-state index in [-0.39, 0.29) is 19.1 Å². The summed E-state index contributed by atoms with van der Waals surface area (Å²) in [5.41, 5.74) is -0.0477. The van der Waals surface area contributed by atoms with Crippen LogP contribution in [-0.4, -0.2) is 24.2 Å². The number of aliphatic hydroxyl groups is 1. The number of aryl methyl sites for hydroxylation is 1. The van der Waals surface area contributed by atoms with Crippen molar-refractivity contribution < 1.29 is 14.6 Å². The highest BCUT2D eigenvalue weighted by atomic mass is 32.1. The first-order valence-electron chi connectivity index (χ1n) is 8.12. The van der Waals surface area contributed by atoms with E-state index in [2.05, 4.69) is 5.32 Å². The molecule has 0 bridgehead atoms. The Morgan fingerprint density at radius 1 is 1.20 bits per heavy atom. The average Bonchev–Trinajstić information content (AvgIpc) is 3.03. The molecule has 1 amide bonds. The van der Waals surface area contributed by atoms with Gasteiger partial charge in [-0.3, -0.25) is 4.79 Å². The van der Waals surface area contributed by atoms with Gasteiger partial charge in [0, 0.05) is 9.58 Å². The van der Waals surface area contributed by atoms with E-state index in [0.717, 1.165) is 20.5 Å². The van der Waals surface area contributed by atoms with E-state index in [1.165, 1.54) is 11.3 Å². The van der Waals surface area contributed by atoms with Gasteiger partial charge in [-0.05, 0) is 49.1 Å². The summed E-state index contributed by atoms with van der Waals surface area (Å²) in [6.45, 7) is 3.73. The van der Waals surface area contributed by atoms with Crippen LogP contribution in [0.1, 0.15) is 17.4 Å². The van der Waals surface area contributed by atoms with Crippen LogP contribution >= 0.6 is 11.3 Å². The number of carbonyl (C=O) groups excluding carboxylic acids is 1. The summed E-state index contributed by atoms with van der Waals surface area (Å²) in [5, 5.41) is 14.5. The summed E-state index contributed by atoms with van der Waals surface area (Å²) in [5.74, 6) is 0.398. The highest BCUT2D eigenvalue weighted by Crippen LogP contribution is 2.32. The standard InChI is InChI=1S/C20H21NO3S/c1-14-6-5-8-16(10-14)24-12-19(22)21-13-20(2,23)18-11-15-7-3-4-9-17(15)25-18/h3-11,23H,12-13H2,1-2H3,(H,21,22). The Morgan fingerprint density at radius 2 is 2.00 bits per heavy atom. The van der Waals surface area contributed by atoms with Gasteiger partial charge < -0.3 is 15.2 Å². The van der Waals surface area contributed by atoms with Crippen molar-refractivity contribution in [3.8, 4) is 5.75 Å². The lowest BCUT2D eigenvalue weighted by atomic mass is 10.0. The van der Waals surface area contributed by atoms with Crippen molar-refractivity contribution in [2.75, 3.05) is 13.2 Å². The molecule has 0 fully saturated rings. The predicted octanol–water partition coefficient (Wildman–Crippen LogP) is 3.61. The van der Waals surface area contributed by atoms with Crippen LogP contribution in [0.2, 0.25) is 0 Å². The van der Waals surface area contributed by atoms with Gasteiger partial charge in [-0.25, -0.2) is 0 Å². The fourth-order valence-corrected chi connectivity index (χ4v) is 3.62. The molecule has 4 nitrogen and oxygen atoms in total. The lowest BCUT2D eigenvalue weighted by Gasteiger charge is -2.22. The zero-order valence-electron chi connectivity index (χ0n) is 14.3. The molecule has 0 saturated carbocycles. The normalized spacial score (nSPS) is 13.4. The van der Waals surface area contributed by atoms with Crippen molar-refractivity contribution in [3.05, 3.63) is 65.0 Å². The van der Waals surface area contributed by atoms with E-state index in [1.54, 1.807) is 6.92 Å². The van der Waals surface area contributed by atoms with Crippen LogP contribution in [-0.2, 0) is 10.4 Å². The molecule has 2 aromatic carbocycles. The molecule has 0 aliphatic carbocycles. The van der Waals surface area contributed by atoms with Crippen LogP contribution in [0, 0.1) is 6.92 Å². The maximum atomic E-state index is 12.0. The van der Waals surface area contributed by atoms with Crippen molar-refractivity contribution in [1.29, 1.82) is 0 Å². The van der Waals surface area contributed by atoms with E-state index in [9.17, 15) is 9.90 Å². The SMILES string of the molecule is Cc1cccc(OCC(=O)NCC(C)(O)c2cc3ccccc3s2)c1. The lowest BCUT2D eigenvalue weighted by molar-refractivity contribution is -0.124. The van der Waals surface area contributed by atoms with Crippen molar-refractivity contribution in [2.45, 2.75) is 19.4 Å². The maximum Gasteiger partial charge on any atom is 0.258 e. The fraction of sp³-hybridized carbons (Fsp3) is 0.250. The molecule has 3 aromatic rings. The summed E-state index contributed by atoms with van der Waals surface area (Å²) in [4.78, 5) is 12.8. The van der Waals surface area contributed by atoms with E-state index in [4.69, 9.17) is 4.74 Å².